The molecule has 1 saturated heterocycles. The first-order valence-corrected chi connectivity index (χ1v) is 7.31. The standard InChI is InChI=1S/C17H17NO5/c1-21-17(20)13-5-2-4-12(10-13)16(19)18-7-9-23-15(11-18)14-6-3-8-22-14/h2-6,8,10,15H,7,9,11H2,1H3/t15-/m1/s1. The molecule has 0 bridgehead atoms. The van der Waals surface area contributed by atoms with Crippen molar-refractivity contribution in [3.63, 3.8) is 0 Å². The first kappa shape index (κ1) is 15.3. The van der Waals surface area contributed by atoms with E-state index in [0.717, 1.165) is 0 Å². The number of ether oxygens (including phenoxy) is 2. The summed E-state index contributed by atoms with van der Waals surface area (Å²) in [5.41, 5.74) is 0.808. The van der Waals surface area contributed by atoms with Crippen LogP contribution in [-0.2, 0) is 9.47 Å². The Kier molecular flexibility index (Phi) is 4.43. The van der Waals surface area contributed by atoms with E-state index in [1.54, 1.807) is 41.5 Å². The van der Waals surface area contributed by atoms with Gasteiger partial charge in [-0.1, -0.05) is 6.07 Å². The van der Waals surface area contributed by atoms with E-state index in [4.69, 9.17) is 9.15 Å². The number of amides is 1. The van der Waals surface area contributed by atoms with Crippen molar-refractivity contribution in [1.82, 2.24) is 4.90 Å². The predicted molar refractivity (Wildman–Crippen MR) is 81.1 cm³/mol. The summed E-state index contributed by atoms with van der Waals surface area (Å²) in [5, 5.41) is 0. The molecule has 6 heteroatoms. The van der Waals surface area contributed by atoms with E-state index in [1.807, 2.05) is 6.07 Å². The van der Waals surface area contributed by atoms with Crippen LogP contribution in [0.3, 0.4) is 0 Å². The number of furan rings is 1. The maximum Gasteiger partial charge on any atom is 0.337 e. The fraction of sp³-hybridized carbons (Fsp3) is 0.294. The Morgan fingerprint density at radius 1 is 1.22 bits per heavy atom. The van der Waals surface area contributed by atoms with Crippen molar-refractivity contribution in [2.24, 2.45) is 0 Å². The molecule has 1 aliphatic heterocycles. The van der Waals surface area contributed by atoms with Crippen molar-refractivity contribution in [2.45, 2.75) is 6.10 Å². The van der Waals surface area contributed by atoms with Crippen LogP contribution in [0.5, 0.6) is 0 Å². The van der Waals surface area contributed by atoms with Gasteiger partial charge in [-0.3, -0.25) is 4.79 Å². The Morgan fingerprint density at radius 2 is 2.04 bits per heavy atom. The third-order valence-corrected chi connectivity index (χ3v) is 3.74. The summed E-state index contributed by atoms with van der Waals surface area (Å²) in [5.74, 6) is 0.0940. The molecule has 3 rings (SSSR count). The molecule has 0 radical (unpaired) electrons. The first-order chi connectivity index (χ1) is 11.2. The van der Waals surface area contributed by atoms with E-state index >= 15 is 0 Å². The third-order valence-electron chi connectivity index (χ3n) is 3.74. The Balaban J connectivity index is 1.76. The maximum atomic E-state index is 12.7. The van der Waals surface area contributed by atoms with Gasteiger partial charge in [0.2, 0.25) is 0 Å². The second-order valence-corrected chi connectivity index (χ2v) is 5.20. The molecule has 23 heavy (non-hydrogen) atoms. The molecular weight excluding hydrogens is 298 g/mol. The highest BCUT2D eigenvalue weighted by atomic mass is 16.5. The van der Waals surface area contributed by atoms with Crippen LogP contribution in [0.15, 0.2) is 47.1 Å². The molecule has 1 amide bonds. The number of methoxy groups -OCH3 is 1. The molecule has 1 aliphatic rings. The molecule has 0 N–H and O–H groups in total. The molecule has 1 fully saturated rings. The van der Waals surface area contributed by atoms with Crippen LogP contribution in [0.1, 0.15) is 32.6 Å². The summed E-state index contributed by atoms with van der Waals surface area (Å²) >= 11 is 0. The maximum absolute atomic E-state index is 12.7. The summed E-state index contributed by atoms with van der Waals surface area (Å²) in [6.07, 6.45) is 1.31. The number of esters is 1. The number of hydrogen-bond acceptors (Lipinski definition) is 5. The zero-order valence-corrected chi connectivity index (χ0v) is 12.7. The van der Waals surface area contributed by atoms with Crippen molar-refractivity contribution in [1.29, 1.82) is 0 Å². The molecule has 2 aromatic rings. The minimum Gasteiger partial charge on any atom is -0.467 e. The van der Waals surface area contributed by atoms with Gasteiger partial charge < -0.3 is 18.8 Å². The van der Waals surface area contributed by atoms with E-state index in [1.165, 1.54) is 7.11 Å². The Morgan fingerprint density at radius 3 is 2.78 bits per heavy atom. The summed E-state index contributed by atoms with van der Waals surface area (Å²) in [7, 11) is 1.31. The molecule has 1 atom stereocenters. The fourth-order valence-corrected chi connectivity index (χ4v) is 2.56. The SMILES string of the molecule is COC(=O)c1cccc(C(=O)N2CCO[C@@H](c3ccco3)C2)c1. The number of carbonyl (C=O) groups excluding carboxylic acids is 2. The fourth-order valence-electron chi connectivity index (χ4n) is 2.56. The van der Waals surface area contributed by atoms with Crippen molar-refractivity contribution >= 4 is 11.9 Å². The van der Waals surface area contributed by atoms with Gasteiger partial charge in [0, 0.05) is 12.1 Å². The van der Waals surface area contributed by atoms with Crippen molar-refractivity contribution < 1.29 is 23.5 Å². The number of morpholine rings is 1. The zero-order chi connectivity index (χ0) is 16.2. The average molecular weight is 315 g/mol. The van der Waals surface area contributed by atoms with E-state index in [9.17, 15) is 9.59 Å². The van der Waals surface area contributed by atoms with Gasteiger partial charge in [0.05, 0.1) is 32.1 Å². The van der Waals surface area contributed by atoms with Gasteiger partial charge in [-0.25, -0.2) is 4.79 Å². The van der Waals surface area contributed by atoms with Gasteiger partial charge in [-0.05, 0) is 30.3 Å². The van der Waals surface area contributed by atoms with Crippen LogP contribution in [-0.4, -0.2) is 43.6 Å². The van der Waals surface area contributed by atoms with E-state index in [2.05, 4.69) is 4.74 Å². The van der Waals surface area contributed by atoms with Gasteiger partial charge in [0.25, 0.3) is 5.91 Å². The molecule has 1 aromatic heterocycles. The lowest BCUT2D eigenvalue weighted by atomic mass is 10.1. The summed E-state index contributed by atoms with van der Waals surface area (Å²) in [6.45, 7) is 1.35. The normalized spacial score (nSPS) is 17.8. The lowest BCUT2D eigenvalue weighted by Crippen LogP contribution is -2.42. The summed E-state index contributed by atoms with van der Waals surface area (Å²) < 4.78 is 15.7. The van der Waals surface area contributed by atoms with Gasteiger partial charge in [-0.2, -0.15) is 0 Å². The molecule has 120 valence electrons. The molecular formula is C17H17NO5. The summed E-state index contributed by atoms with van der Waals surface area (Å²) in [6, 6.07) is 10.1. The van der Waals surface area contributed by atoms with E-state index in [0.29, 0.717) is 36.6 Å². The Labute approximate surface area is 133 Å². The average Bonchev–Trinajstić information content (AvgIpc) is 3.15. The number of carbonyl (C=O) groups is 2. The summed E-state index contributed by atoms with van der Waals surface area (Å²) in [4.78, 5) is 26.0. The number of rotatable bonds is 3. The Bertz CT molecular complexity index is 695. The number of benzene rings is 1. The molecule has 0 unspecified atom stereocenters. The molecule has 1 aromatic carbocycles. The second-order valence-electron chi connectivity index (χ2n) is 5.20. The third kappa shape index (κ3) is 3.27. The molecule has 2 heterocycles. The van der Waals surface area contributed by atoms with Crippen LogP contribution in [0.2, 0.25) is 0 Å². The van der Waals surface area contributed by atoms with Crippen molar-refractivity contribution in [3.8, 4) is 0 Å². The monoisotopic (exact) mass is 315 g/mol. The lowest BCUT2D eigenvalue weighted by Gasteiger charge is -2.32. The molecule has 0 spiro atoms. The van der Waals surface area contributed by atoms with Crippen LogP contribution in [0, 0.1) is 0 Å². The second kappa shape index (κ2) is 6.66. The highest BCUT2D eigenvalue weighted by molar-refractivity contribution is 5.98. The van der Waals surface area contributed by atoms with Gasteiger partial charge >= 0.3 is 5.97 Å². The zero-order valence-electron chi connectivity index (χ0n) is 12.7. The first-order valence-electron chi connectivity index (χ1n) is 7.31. The smallest absolute Gasteiger partial charge is 0.337 e. The van der Waals surface area contributed by atoms with Gasteiger partial charge in [-0.15, -0.1) is 0 Å². The topological polar surface area (TPSA) is 69.0 Å². The van der Waals surface area contributed by atoms with E-state index in [-0.39, 0.29) is 12.0 Å². The van der Waals surface area contributed by atoms with Crippen LogP contribution >= 0.6 is 0 Å². The minimum atomic E-state index is -0.463. The molecule has 0 saturated carbocycles. The molecule has 6 nitrogen and oxygen atoms in total. The van der Waals surface area contributed by atoms with Crippen molar-refractivity contribution in [2.75, 3.05) is 26.8 Å². The van der Waals surface area contributed by atoms with Gasteiger partial charge in [0.1, 0.15) is 11.9 Å². The molecule has 0 aliphatic carbocycles. The van der Waals surface area contributed by atoms with Crippen molar-refractivity contribution in [3.05, 3.63) is 59.5 Å². The van der Waals surface area contributed by atoms with Gasteiger partial charge in [0.15, 0.2) is 0 Å². The highest BCUT2D eigenvalue weighted by Crippen LogP contribution is 2.23. The van der Waals surface area contributed by atoms with Crippen LogP contribution in [0.4, 0.5) is 0 Å². The van der Waals surface area contributed by atoms with Crippen LogP contribution < -0.4 is 0 Å². The minimum absolute atomic E-state index is 0.143. The predicted octanol–water partition coefficient (Wildman–Crippen LogP) is 2.28. The van der Waals surface area contributed by atoms with E-state index < -0.39 is 5.97 Å². The van der Waals surface area contributed by atoms with Crippen LogP contribution in [0.25, 0.3) is 0 Å². The highest BCUT2D eigenvalue weighted by Gasteiger charge is 2.27. The largest absolute Gasteiger partial charge is 0.467 e. The number of nitrogens with zero attached hydrogens (tertiary/aromatic N) is 1. The number of hydrogen-bond donors (Lipinski definition) is 0. The lowest BCUT2D eigenvalue weighted by molar-refractivity contribution is -0.0321. The quantitative estimate of drug-likeness (QED) is 0.813. The Hall–Kier alpha value is -2.60.